The van der Waals surface area contributed by atoms with E-state index in [1.807, 2.05) is 49.4 Å². The highest BCUT2D eigenvalue weighted by molar-refractivity contribution is 7.96. The van der Waals surface area contributed by atoms with Gasteiger partial charge < -0.3 is 10.4 Å². The summed E-state index contributed by atoms with van der Waals surface area (Å²) in [5.74, 6) is -1.25. The Morgan fingerprint density at radius 3 is 2.45 bits per heavy atom. The van der Waals surface area contributed by atoms with Gasteiger partial charge in [0.1, 0.15) is 18.0 Å². The third kappa shape index (κ3) is 5.99. The Kier molecular flexibility index (Phi) is 7.55. The average molecular weight is 441 g/mol. The van der Waals surface area contributed by atoms with Gasteiger partial charge in [-0.05, 0) is 72.5 Å². The fourth-order valence-electron chi connectivity index (χ4n) is 3.20. The largest absolute Gasteiger partial charge is 0.479 e. The lowest BCUT2D eigenvalue weighted by molar-refractivity contribution is -0.138. The molecule has 0 saturated heterocycles. The molecule has 0 radical (unpaired) electrons. The summed E-state index contributed by atoms with van der Waals surface area (Å²) in [7, 11) is 1.78. The molecule has 0 atom stereocenters. The van der Waals surface area contributed by atoms with Gasteiger partial charge in [0, 0.05) is 30.5 Å². The second-order valence-electron chi connectivity index (χ2n) is 7.20. The van der Waals surface area contributed by atoms with E-state index in [1.54, 1.807) is 17.4 Å². The summed E-state index contributed by atoms with van der Waals surface area (Å²) < 4.78 is 21.3. The quantitative estimate of drug-likeness (QED) is 0.323. The number of rotatable bonds is 9. The van der Waals surface area contributed by atoms with Crippen LogP contribution in [0.4, 0.5) is 15.8 Å². The fraction of sp³-hybridized carbons (Fsp3) is 0.208. The molecule has 0 aliphatic heterocycles. The van der Waals surface area contributed by atoms with Gasteiger partial charge in [0.15, 0.2) is 6.61 Å². The zero-order valence-corrected chi connectivity index (χ0v) is 18.5. The number of benzene rings is 3. The molecule has 3 aromatic carbocycles. The first-order valence-corrected chi connectivity index (χ1v) is 10.5. The Hall–Kier alpha value is -3.03. The van der Waals surface area contributed by atoms with Gasteiger partial charge in [-0.2, -0.15) is 0 Å². The van der Waals surface area contributed by atoms with Gasteiger partial charge >= 0.3 is 5.97 Å². The molecule has 0 aromatic heterocycles. The van der Waals surface area contributed by atoms with Crippen LogP contribution >= 0.6 is 12.2 Å². The summed E-state index contributed by atoms with van der Waals surface area (Å²) in [6.45, 7) is 3.97. The minimum absolute atomic E-state index is 0.231. The van der Waals surface area contributed by atoms with Gasteiger partial charge in [-0.25, -0.2) is 9.18 Å². The molecule has 2 N–H and O–H groups in total. The summed E-state index contributed by atoms with van der Waals surface area (Å²) in [4.78, 5) is 10.5. The number of carbonyl (C=O) groups is 1. The molecule has 0 fully saturated rings. The molecule has 0 spiro atoms. The lowest BCUT2D eigenvalue weighted by atomic mass is 9.94. The van der Waals surface area contributed by atoms with E-state index in [-0.39, 0.29) is 12.4 Å². The second-order valence-corrected chi connectivity index (χ2v) is 8.13. The van der Waals surface area contributed by atoms with Gasteiger partial charge in [0.05, 0.1) is 0 Å². The molecule has 0 saturated carbocycles. The summed E-state index contributed by atoms with van der Waals surface area (Å²) in [6, 6.07) is 19.1. The maximum absolute atomic E-state index is 14.6. The maximum atomic E-state index is 14.6. The SMILES string of the molecule is Cc1ccccc1-c1cc(CNc2ccc(N(C)SOCC(=O)O)cc2)c(F)cc1C. The van der Waals surface area contributed by atoms with Crippen LogP contribution in [0.3, 0.4) is 0 Å². The molecular formula is C24H25FN2O3S. The average Bonchev–Trinajstić information content (AvgIpc) is 2.74. The Bertz CT molecular complexity index is 1060. The summed E-state index contributed by atoms with van der Waals surface area (Å²) in [5, 5.41) is 11.9. The number of aliphatic carboxylic acids is 1. The number of halogens is 1. The van der Waals surface area contributed by atoms with Crippen LogP contribution in [0, 0.1) is 19.7 Å². The molecule has 162 valence electrons. The minimum atomic E-state index is -1.02. The van der Waals surface area contributed by atoms with Crippen LogP contribution in [0.5, 0.6) is 0 Å². The zero-order chi connectivity index (χ0) is 22.4. The molecule has 7 heteroatoms. The first kappa shape index (κ1) is 22.7. The highest BCUT2D eigenvalue weighted by Crippen LogP contribution is 2.29. The van der Waals surface area contributed by atoms with Crippen LogP contribution in [0.2, 0.25) is 0 Å². The zero-order valence-electron chi connectivity index (χ0n) is 17.7. The molecule has 0 aliphatic rings. The van der Waals surface area contributed by atoms with Crippen molar-refractivity contribution in [1.29, 1.82) is 0 Å². The third-order valence-electron chi connectivity index (χ3n) is 4.89. The number of hydrogen-bond acceptors (Lipinski definition) is 5. The number of carboxylic acid groups (broad SMARTS) is 1. The van der Waals surface area contributed by atoms with Crippen molar-refractivity contribution in [3.63, 3.8) is 0 Å². The van der Waals surface area contributed by atoms with E-state index in [1.165, 1.54) is 0 Å². The first-order valence-electron chi connectivity index (χ1n) is 9.79. The van der Waals surface area contributed by atoms with Crippen molar-refractivity contribution in [1.82, 2.24) is 0 Å². The molecule has 31 heavy (non-hydrogen) atoms. The monoisotopic (exact) mass is 440 g/mol. The third-order valence-corrected chi connectivity index (χ3v) is 5.55. The van der Waals surface area contributed by atoms with Crippen molar-refractivity contribution >= 4 is 29.6 Å². The number of carboxylic acids is 1. The normalized spacial score (nSPS) is 10.7. The smallest absolute Gasteiger partial charge is 0.331 e. The van der Waals surface area contributed by atoms with Crippen LogP contribution in [0.1, 0.15) is 16.7 Å². The standard InChI is InChI=1S/C24H25FN2O3S/c1-16-6-4-5-7-21(16)22-13-18(23(25)12-17(22)2)14-26-19-8-10-20(11-9-19)27(3)31-30-15-24(28)29/h4-13,26H,14-15H2,1-3H3,(H,28,29). The van der Waals surface area contributed by atoms with Crippen molar-refractivity contribution in [3.05, 3.63) is 83.2 Å². The predicted octanol–water partition coefficient (Wildman–Crippen LogP) is 5.82. The van der Waals surface area contributed by atoms with Crippen molar-refractivity contribution in [2.45, 2.75) is 20.4 Å². The van der Waals surface area contributed by atoms with Crippen molar-refractivity contribution in [2.75, 3.05) is 23.3 Å². The lowest BCUT2D eigenvalue weighted by Gasteiger charge is -2.17. The van der Waals surface area contributed by atoms with Crippen LogP contribution in [-0.4, -0.2) is 24.7 Å². The van der Waals surface area contributed by atoms with E-state index in [0.29, 0.717) is 12.1 Å². The first-order chi connectivity index (χ1) is 14.8. The van der Waals surface area contributed by atoms with Crippen LogP contribution in [-0.2, 0) is 15.5 Å². The molecule has 0 amide bonds. The Balaban J connectivity index is 1.68. The molecule has 5 nitrogen and oxygen atoms in total. The van der Waals surface area contributed by atoms with Crippen LogP contribution in [0.25, 0.3) is 11.1 Å². The Morgan fingerprint density at radius 2 is 1.77 bits per heavy atom. The fourth-order valence-corrected chi connectivity index (χ4v) is 3.72. The van der Waals surface area contributed by atoms with Crippen molar-refractivity contribution in [3.8, 4) is 11.1 Å². The van der Waals surface area contributed by atoms with E-state index in [2.05, 4.69) is 24.4 Å². The van der Waals surface area contributed by atoms with Crippen LogP contribution < -0.4 is 9.62 Å². The molecule has 0 unspecified atom stereocenters. The van der Waals surface area contributed by atoms with Gasteiger partial charge in [0.25, 0.3) is 0 Å². The summed E-state index contributed by atoms with van der Waals surface area (Å²) in [5.41, 5.74) is 6.51. The summed E-state index contributed by atoms with van der Waals surface area (Å²) in [6.07, 6.45) is 0. The minimum Gasteiger partial charge on any atom is -0.479 e. The Labute approximate surface area is 186 Å². The van der Waals surface area contributed by atoms with Crippen LogP contribution in [0.15, 0.2) is 60.7 Å². The maximum Gasteiger partial charge on any atom is 0.331 e. The molecule has 3 aromatic rings. The van der Waals surface area contributed by atoms with E-state index >= 15 is 0 Å². The molecule has 0 bridgehead atoms. The van der Waals surface area contributed by atoms with Crippen molar-refractivity contribution in [2.24, 2.45) is 0 Å². The number of nitrogens with zero attached hydrogens (tertiary/aromatic N) is 1. The molecular weight excluding hydrogens is 415 g/mol. The van der Waals surface area contributed by atoms with E-state index in [4.69, 9.17) is 9.29 Å². The number of nitrogens with one attached hydrogen (secondary N) is 1. The van der Waals surface area contributed by atoms with Gasteiger partial charge in [-0.15, -0.1) is 0 Å². The number of hydrogen-bond donors (Lipinski definition) is 2. The van der Waals surface area contributed by atoms with E-state index in [0.717, 1.165) is 45.9 Å². The topological polar surface area (TPSA) is 61.8 Å². The number of aryl methyl sites for hydroxylation is 2. The molecule has 0 aliphatic carbocycles. The Morgan fingerprint density at radius 1 is 1.06 bits per heavy atom. The van der Waals surface area contributed by atoms with E-state index < -0.39 is 5.97 Å². The van der Waals surface area contributed by atoms with E-state index in [9.17, 15) is 9.18 Å². The molecule has 0 heterocycles. The highest BCUT2D eigenvalue weighted by atomic mass is 32.2. The van der Waals surface area contributed by atoms with Crippen molar-refractivity contribution < 1.29 is 18.5 Å². The van der Waals surface area contributed by atoms with Gasteiger partial charge in [0.2, 0.25) is 0 Å². The second kappa shape index (κ2) is 10.3. The number of anilines is 2. The summed E-state index contributed by atoms with van der Waals surface area (Å²) >= 11 is 0.960. The molecule has 3 rings (SSSR count). The van der Waals surface area contributed by atoms with Gasteiger partial charge in [-0.3, -0.25) is 8.49 Å². The van der Waals surface area contributed by atoms with Gasteiger partial charge in [-0.1, -0.05) is 24.3 Å². The lowest BCUT2D eigenvalue weighted by Crippen LogP contribution is -2.11. The highest BCUT2D eigenvalue weighted by Gasteiger charge is 2.11. The predicted molar refractivity (Wildman–Crippen MR) is 125 cm³/mol.